The summed E-state index contributed by atoms with van der Waals surface area (Å²) in [4.78, 5) is 19.8. The third-order valence-electron chi connectivity index (χ3n) is 3.97. The molecule has 7 heteroatoms. The molecule has 0 saturated heterocycles. The van der Waals surface area contributed by atoms with Crippen molar-refractivity contribution < 1.29 is 4.79 Å². The lowest BCUT2D eigenvalue weighted by molar-refractivity contribution is 0.0997. The number of nitrogen functional groups attached to an aromatic ring is 1. The number of anilines is 1. The van der Waals surface area contributed by atoms with Crippen LogP contribution >= 0.6 is 45.9 Å². The van der Waals surface area contributed by atoms with Crippen LogP contribution in [0.15, 0.2) is 47.8 Å². The molecule has 0 aliphatic heterocycles. The van der Waals surface area contributed by atoms with Gasteiger partial charge in [0.2, 0.25) is 0 Å². The molecule has 26 heavy (non-hydrogen) atoms. The van der Waals surface area contributed by atoms with Crippen LogP contribution in [0.5, 0.6) is 0 Å². The van der Waals surface area contributed by atoms with E-state index in [-0.39, 0.29) is 12.2 Å². The quantitative estimate of drug-likeness (QED) is 0.393. The van der Waals surface area contributed by atoms with Crippen molar-refractivity contribution in [1.82, 2.24) is 4.98 Å². The molecule has 4 rings (SSSR count). The number of aromatic nitrogens is 1. The highest BCUT2D eigenvalue weighted by molar-refractivity contribution is 7.21. The number of ketones is 1. The van der Waals surface area contributed by atoms with Crippen LogP contribution in [0.3, 0.4) is 0 Å². The van der Waals surface area contributed by atoms with Crippen LogP contribution in [0.1, 0.15) is 15.2 Å². The van der Waals surface area contributed by atoms with Gasteiger partial charge < -0.3 is 5.73 Å². The lowest BCUT2D eigenvalue weighted by Crippen LogP contribution is -2.04. The van der Waals surface area contributed by atoms with Gasteiger partial charge in [-0.3, -0.25) is 4.79 Å². The van der Waals surface area contributed by atoms with E-state index in [0.29, 0.717) is 20.6 Å². The van der Waals surface area contributed by atoms with Crippen molar-refractivity contribution >= 4 is 67.6 Å². The lowest BCUT2D eigenvalue weighted by atomic mass is 10.1. The number of nitrogens with zero attached hydrogens (tertiary/aromatic N) is 1. The van der Waals surface area contributed by atoms with Crippen molar-refractivity contribution in [2.24, 2.45) is 0 Å². The lowest BCUT2D eigenvalue weighted by Gasteiger charge is -2.02. The molecule has 0 spiro atoms. The van der Waals surface area contributed by atoms with E-state index in [1.54, 1.807) is 29.5 Å². The molecule has 3 nitrogen and oxygen atoms in total. The summed E-state index contributed by atoms with van der Waals surface area (Å²) in [7, 11) is 0. The van der Waals surface area contributed by atoms with Gasteiger partial charge in [0.25, 0.3) is 0 Å². The van der Waals surface area contributed by atoms with Gasteiger partial charge in [0.1, 0.15) is 4.83 Å². The summed E-state index contributed by atoms with van der Waals surface area (Å²) in [5.41, 5.74) is 8.39. The highest BCUT2D eigenvalue weighted by Crippen LogP contribution is 2.36. The van der Waals surface area contributed by atoms with Crippen molar-refractivity contribution in [2.75, 3.05) is 5.73 Å². The molecule has 0 saturated carbocycles. The number of benzene rings is 1. The second-order valence-corrected chi connectivity index (χ2v) is 8.48. The molecule has 0 aliphatic rings. The second-order valence-electron chi connectivity index (χ2n) is 5.72. The van der Waals surface area contributed by atoms with E-state index in [2.05, 4.69) is 4.98 Å². The number of fused-ring (bicyclic) bond motifs is 1. The van der Waals surface area contributed by atoms with Gasteiger partial charge in [-0.1, -0.05) is 35.3 Å². The van der Waals surface area contributed by atoms with Crippen LogP contribution in [0.2, 0.25) is 10.0 Å². The van der Waals surface area contributed by atoms with E-state index in [9.17, 15) is 4.79 Å². The van der Waals surface area contributed by atoms with E-state index < -0.39 is 0 Å². The monoisotopic (exact) mass is 418 g/mol. The zero-order chi connectivity index (χ0) is 18.3. The standard InChI is InChI=1S/C19H12Cl2N2OS2/c20-12-5-3-10(8-13(12)21)9-15(24)18-17(22)11-4-6-14(23-19(11)26-18)16-2-1-7-25-16/h1-8H,9,22H2. The molecule has 3 aromatic heterocycles. The summed E-state index contributed by atoms with van der Waals surface area (Å²) in [6.45, 7) is 0. The summed E-state index contributed by atoms with van der Waals surface area (Å²) in [5, 5.41) is 3.72. The molecule has 1 aromatic carbocycles. The normalized spacial score (nSPS) is 11.2. The summed E-state index contributed by atoms with van der Waals surface area (Å²) in [6, 6.07) is 13.1. The number of Topliss-reactive ketones (excluding diaryl/α,β-unsaturated/α-hetero) is 1. The van der Waals surface area contributed by atoms with Gasteiger partial charge >= 0.3 is 0 Å². The Kier molecular flexibility index (Phi) is 4.71. The van der Waals surface area contributed by atoms with E-state index in [4.69, 9.17) is 28.9 Å². The van der Waals surface area contributed by atoms with Gasteiger partial charge in [-0.05, 0) is 41.3 Å². The molecule has 3 heterocycles. The number of halogens is 2. The molecule has 0 unspecified atom stereocenters. The number of thiophene rings is 2. The largest absolute Gasteiger partial charge is 0.397 e. The molecule has 130 valence electrons. The Hall–Kier alpha value is -1.92. The van der Waals surface area contributed by atoms with Gasteiger partial charge in [0.15, 0.2) is 5.78 Å². The Bertz CT molecular complexity index is 1120. The third-order valence-corrected chi connectivity index (χ3v) is 6.76. The first-order chi connectivity index (χ1) is 12.5. The molecular weight excluding hydrogens is 407 g/mol. The Labute approximate surface area is 168 Å². The molecule has 0 atom stereocenters. The SMILES string of the molecule is Nc1c(C(=O)Cc2ccc(Cl)c(Cl)c2)sc2nc(-c3cccs3)ccc12. The fourth-order valence-corrected chi connectivity index (χ4v) is 4.73. The first-order valence-electron chi connectivity index (χ1n) is 7.73. The number of carbonyl (C=O) groups is 1. The van der Waals surface area contributed by atoms with Crippen LogP contribution in [0, 0.1) is 0 Å². The van der Waals surface area contributed by atoms with Crippen LogP contribution in [-0.4, -0.2) is 10.8 Å². The highest BCUT2D eigenvalue weighted by atomic mass is 35.5. The first kappa shape index (κ1) is 17.5. The van der Waals surface area contributed by atoms with Gasteiger partial charge in [-0.25, -0.2) is 4.98 Å². The van der Waals surface area contributed by atoms with Crippen LogP contribution < -0.4 is 5.73 Å². The summed E-state index contributed by atoms with van der Waals surface area (Å²) in [5.74, 6) is -0.0541. The third kappa shape index (κ3) is 3.23. The molecule has 0 fully saturated rings. The zero-order valence-electron chi connectivity index (χ0n) is 13.3. The number of carbonyl (C=O) groups excluding carboxylic acids is 1. The van der Waals surface area contributed by atoms with Crippen LogP contribution in [-0.2, 0) is 6.42 Å². The Morgan fingerprint density at radius 1 is 1.12 bits per heavy atom. The van der Waals surface area contributed by atoms with Gasteiger partial charge in [0.05, 0.1) is 31.2 Å². The summed E-state index contributed by atoms with van der Waals surface area (Å²) >= 11 is 14.9. The van der Waals surface area contributed by atoms with Crippen molar-refractivity contribution in [2.45, 2.75) is 6.42 Å². The van der Waals surface area contributed by atoms with Crippen molar-refractivity contribution in [3.63, 3.8) is 0 Å². The zero-order valence-corrected chi connectivity index (χ0v) is 16.5. The average molecular weight is 419 g/mol. The van der Waals surface area contributed by atoms with Gasteiger partial charge in [-0.15, -0.1) is 22.7 Å². The maximum absolute atomic E-state index is 12.7. The number of pyridine rings is 1. The minimum Gasteiger partial charge on any atom is -0.397 e. The van der Waals surface area contributed by atoms with Gasteiger partial charge in [0, 0.05) is 11.8 Å². The Morgan fingerprint density at radius 3 is 2.69 bits per heavy atom. The topological polar surface area (TPSA) is 56.0 Å². The van der Waals surface area contributed by atoms with Crippen molar-refractivity contribution in [1.29, 1.82) is 0 Å². The molecular formula is C19H12Cl2N2OS2. The minimum atomic E-state index is -0.0541. The molecule has 0 bridgehead atoms. The second kappa shape index (κ2) is 7.00. The highest BCUT2D eigenvalue weighted by Gasteiger charge is 2.18. The number of hydrogen-bond acceptors (Lipinski definition) is 5. The van der Waals surface area contributed by atoms with Gasteiger partial charge in [-0.2, -0.15) is 0 Å². The molecule has 4 aromatic rings. The maximum atomic E-state index is 12.7. The predicted octanol–water partition coefficient (Wildman–Crippen LogP) is 6.34. The predicted molar refractivity (Wildman–Crippen MR) is 112 cm³/mol. The smallest absolute Gasteiger partial charge is 0.179 e. The summed E-state index contributed by atoms with van der Waals surface area (Å²) in [6.07, 6.45) is 0.214. The fourth-order valence-electron chi connectivity index (χ4n) is 2.68. The molecule has 0 aliphatic carbocycles. The van der Waals surface area contributed by atoms with Crippen LogP contribution in [0.4, 0.5) is 5.69 Å². The maximum Gasteiger partial charge on any atom is 0.179 e. The fraction of sp³-hybridized carbons (Fsp3) is 0.0526. The Balaban J connectivity index is 1.68. The molecule has 0 amide bonds. The average Bonchev–Trinajstić information content (AvgIpc) is 3.26. The van der Waals surface area contributed by atoms with E-state index in [1.807, 2.05) is 29.6 Å². The van der Waals surface area contributed by atoms with Crippen molar-refractivity contribution in [3.05, 3.63) is 68.3 Å². The number of hydrogen-bond donors (Lipinski definition) is 1. The minimum absolute atomic E-state index is 0.0541. The number of rotatable bonds is 4. The van der Waals surface area contributed by atoms with Crippen LogP contribution in [0.25, 0.3) is 20.8 Å². The van der Waals surface area contributed by atoms with E-state index >= 15 is 0 Å². The van der Waals surface area contributed by atoms with E-state index in [1.165, 1.54) is 11.3 Å². The number of nitrogens with two attached hydrogens (primary N) is 1. The van der Waals surface area contributed by atoms with E-state index in [0.717, 1.165) is 26.4 Å². The van der Waals surface area contributed by atoms with Crippen molar-refractivity contribution in [3.8, 4) is 10.6 Å². The first-order valence-corrected chi connectivity index (χ1v) is 10.2. The molecule has 0 radical (unpaired) electrons. The molecule has 2 N–H and O–H groups in total. The Morgan fingerprint density at radius 2 is 1.96 bits per heavy atom. The summed E-state index contributed by atoms with van der Waals surface area (Å²) < 4.78 is 0.